The molecule has 0 aromatic heterocycles. The van der Waals surface area contributed by atoms with Gasteiger partial charge in [0.15, 0.2) is 0 Å². The standard InChI is InChI=1S/C13H15FO3/c1-2-17-13(16)11-6-10(11)9-5-3-4-8(7-15)12(9)14/h3-5,10-11,15H,2,6-7H2,1H3. The van der Waals surface area contributed by atoms with Gasteiger partial charge in [0.1, 0.15) is 5.82 Å². The zero-order valence-electron chi connectivity index (χ0n) is 9.65. The van der Waals surface area contributed by atoms with Crippen molar-refractivity contribution in [2.45, 2.75) is 25.9 Å². The van der Waals surface area contributed by atoms with E-state index in [1.54, 1.807) is 25.1 Å². The van der Waals surface area contributed by atoms with E-state index >= 15 is 0 Å². The van der Waals surface area contributed by atoms with Gasteiger partial charge in [-0.1, -0.05) is 18.2 Å². The Morgan fingerprint density at radius 2 is 2.35 bits per heavy atom. The lowest BCUT2D eigenvalue weighted by molar-refractivity contribution is -0.144. The van der Waals surface area contributed by atoms with Gasteiger partial charge in [0.25, 0.3) is 0 Å². The number of halogens is 1. The number of carbonyl (C=O) groups excluding carboxylic acids is 1. The minimum Gasteiger partial charge on any atom is -0.466 e. The zero-order valence-corrected chi connectivity index (χ0v) is 9.65. The molecule has 92 valence electrons. The highest BCUT2D eigenvalue weighted by molar-refractivity contribution is 5.77. The van der Waals surface area contributed by atoms with Crippen molar-refractivity contribution in [2.75, 3.05) is 6.61 Å². The first-order chi connectivity index (χ1) is 8.19. The van der Waals surface area contributed by atoms with E-state index in [0.29, 0.717) is 18.6 Å². The van der Waals surface area contributed by atoms with E-state index in [4.69, 9.17) is 9.84 Å². The van der Waals surface area contributed by atoms with Crippen LogP contribution >= 0.6 is 0 Å². The first-order valence-electron chi connectivity index (χ1n) is 5.73. The lowest BCUT2D eigenvalue weighted by Crippen LogP contribution is -2.08. The third-order valence-corrected chi connectivity index (χ3v) is 3.06. The number of aliphatic hydroxyl groups is 1. The summed E-state index contributed by atoms with van der Waals surface area (Å²) in [5.74, 6) is -0.975. The van der Waals surface area contributed by atoms with Crippen molar-refractivity contribution in [1.29, 1.82) is 0 Å². The van der Waals surface area contributed by atoms with Crippen LogP contribution in [0, 0.1) is 11.7 Å². The van der Waals surface area contributed by atoms with Crippen LogP contribution in [0.4, 0.5) is 4.39 Å². The van der Waals surface area contributed by atoms with Gasteiger partial charge in [-0.25, -0.2) is 4.39 Å². The van der Waals surface area contributed by atoms with Crippen LogP contribution in [-0.2, 0) is 16.1 Å². The molecule has 0 heterocycles. The van der Waals surface area contributed by atoms with E-state index in [1.807, 2.05) is 0 Å². The van der Waals surface area contributed by atoms with Gasteiger partial charge in [-0.2, -0.15) is 0 Å². The number of hydrogen-bond donors (Lipinski definition) is 1. The highest BCUT2D eigenvalue weighted by atomic mass is 19.1. The molecule has 2 rings (SSSR count). The Labute approximate surface area is 99.2 Å². The lowest BCUT2D eigenvalue weighted by Gasteiger charge is -2.06. The number of benzene rings is 1. The Hall–Kier alpha value is -1.42. The fraction of sp³-hybridized carbons (Fsp3) is 0.462. The van der Waals surface area contributed by atoms with Crippen LogP contribution in [0.2, 0.25) is 0 Å². The van der Waals surface area contributed by atoms with E-state index < -0.39 is 5.82 Å². The lowest BCUT2D eigenvalue weighted by atomic mass is 10.0. The van der Waals surface area contributed by atoms with Gasteiger partial charge >= 0.3 is 5.97 Å². The summed E-state index contributed by atoms with van der Waals surface area (Å²) >= 11 is 0. The summed E-state index contributed by atoms with van der Waals surface area (Å²) in [7, 11) is 0. The average molecular weight is 238 g/mol. The molecule has 1 N–H and O–H groups in total. The molecule has 3 nitrogen and oxygen atoms in total. The van der Waals surface area contributed by atoms with Crippen LogP contribution in [0.1, 0.15) is 30.4 Å². The second kappa shape index (κ2) is 4.84. The molecule has 1 aliphatic carbocycles. The van der Waals surface area contributed by atoms with Crippen molar-refractivity contribution in [1.82, 2.24) is 0 Å². The highest BCUT2D eigenvalue weighted by Gasteiger charge is 2.46. The Morgan fingerprint density at radius 1 is 1.59 bits per heavy atom. The minimum atomic E-state index is -0.396. The second-order valence-corrected chi connectivity index (χ2v) is 4.18. The van der Waals surface area contributed by atoms with E-state index in [0.717, 1.165) is 0 Å². The number of esters is 1. The van der Waals surface area contributed by atoms with Gasteiger partial charge in [-0.15, -0.1) is 0 Å². The molecule has 0 saturated heterocycles. The Morgan fingerprint density at radius 3 is 3.00 bits per heavy atom. The maximum atomic E-state index is 13.9. The summed E-state index contributed by atoms with van der Waals surface area (Å²) in [5, 5.41) is 8.97. The molecule has 1 saturated carbocycles. The van der Waals surface area contributed by atoms with Gasteiger partial charge in [-0.05, 0) is 18.9 Å². The first kappa shape index (κ1) is 12.0. The Balaban J connectivity index is 2.13. The van der Waals surface area contributed by atoms with Gasteiger partial charge < -0.3 is 9.84 Å². The minimum absolute atomic E-state index is 0.0967. The van der Waals surface area contributed by atoms with Crippen molar-refractivity contribution in [2.24, 2.45) is 5.92 Å². The summed E-state index contributed by atoms with van der Waals surface area (Å²) < 4.78 is 18.8. The van der Waals surface area contributed by atoms with Crippen LogP contribution in [0.3, 0.4) is 0 Å². The quantitative estimate of drug-likeness (QED) is 0.816. The molecule has 1 aliphatic rings. The topological polar surface area (TPSA) is 46.5 Å². The molecule has 1 fully saturated rings. The SMILES string of the molecule is CCOC(=O)C1CC1c1cccc(CO)c1F. The van der Waals surface area contributed by atoms with Gasteiger partial charge in [-0.3, -0.25) is 4.79 Å². The third kappa shape index (κ3) is 2.31. The summed E-state index contributed by atoms with van der Waals surface area (Å²) in [5.41, 5.74) is 0.784. The predicted octanol–water partition coefficient (Wildman–Crippen LogP) is 1.98. The largest absolute Gasteiger partial charge is 0.466 e. The van der Waals surface area contributed by atoms with Gasteiger partial charge in [0.05, 0.1) is 19.1 Å². The summed E-state index contributed by atoms with van der Waals surface area (Å²) in [6.07, 6.45) is 0.630. The molecular formula is C13H15FO3. The van der Waals surface area contributed by atoms with E-state index in [2.05, 4.69) is 0 Å². The van der Waals surface area contributed by atoms with E-state index in [1.165, 1.54) is 0 Å². The fourth-order valence-electron chi connectivity index (χ4n) is 2.06. The molecule has 0 radical (unpaired) electrons. The van der Waals surface area contributed by atoms with E-state index in [9.17, 15) is 9.18 Å². The van der Waals surface area contributed by atoms with Crippen LogP contribution < -0.4 is 0 Å². The normalized spacial score (nSPS) is 22.3. The Kier molecular flexibility index (Phi) is 3.43. The van der Waals surface area contributed by atoms with Crippen LogP contribution in [-0.4, -0.2) is 17.7 Å². The number of rotatable bonds is 4. The maximum absolute atomic E-state index is 13.9. The molecule has 2 atom stereocenters. The first-order valence-corrected chi connectivity index (χ1v) is 5.73. The van der Waals surface area contributed by atoms with Crippen molar-refractivity contribution >= 4 is 5.97 Å². The molecular weight excluding hydrogens is 223 g/mol. The molecule has 0 bridgehead atoms. The third-order valence-electron chi connectivity index (χ3n) is 3.06. The molecule has 0 spiro atoms. The zero-order chi connectivity index (χ0) is 12.4. The summed E-state index contributed by atoms with van der Waals surface area (Å²) in [4.78, 5) is 11.5. The van der Waals surface area contributed by atoms with E-state index in [-0.39, 0.29) is 30.0 Å². The monoisotopic (exact) mass is 238 g/mol. The molecule has 17 heavy (non-hydrogen) atoms. The van der Waals surface area contributed by atoms with Crippen LogP contribution in [0.25, 0.3) is 0 Å². The molecule has 0 amide bonds. The maximum Gasteiger partial charge on any atom is 0.309 e. The van der Waals surface area contributed by atoms with Crippen molar-refractivity contribution in [3.8, 4) is 0 Å². The van der Waals surface area contributed by atoms with Crippen LogP contribution in [0.5, 0.6) is 0 Å². The van der Waals surface area contributed by atoms with Crippen molar-refractivity contribution < 1.29 is 19.0 Å². The number of carbonyl (C=O) groups is 1. The fourth-order valence-corrected chi connectivity index (χ4v) is 2.06. The number of aliphatic hydroxyl groups excluding tert-OH is 1. The number of hydrogen-bond acceptors (Lipinski definition) is 3. The summed E-state index contributed by atoms with van der Waals surface area (Å²) in [6, 6.07) is 4.91. The van der Waals surface area contributed by atoms with Gasteiger partial charge in [0, 0.05) is 11.5 Å². The predicted molar refractivity (Wildman–Crippen MR) is 59.8 cm³/mol. The Bertz CT molecular complexity index is 431. The van der Waals surface area contributed by atoms with Crippen molar-refractivity contribution in [3.05, 3.63) is 35.1 Å². The molecule has 0 aliphatic heterocycles. The van der Waals surface area contributed by atoms with Crippen molar-refractivity contribution in [3.63, 3.8) is 0 Å². The molecule has 1 aromatic carbocycles. The van der Waals surface area contributed by atoms with Crippen LogP contribution in [0.15, 0.2) is 18.2 Å². The smallest absolute Gasteiger partial charge is 0.309 e. The highest BCUT2D eigenvalue weighted by Crippen LogP contribution is 2.49. The average Bonchev–Trinajstić information content (AvgIpc) is 3.10. The second-order valence-electron chi connectivity index (χ2n) is 4.18. The summed E-state index contributed by atoms with van der Waals surface area (Å²) in [6.45, 7) is 1.78. The number of ether oxygens (including phenoxy) is 1. The van der Waals surface area contributed by atoms with Gasteiger partial charge in [0.2, 0.25) is 0 Å². The molecule has 4 heteroatoms. The molecule has 2 unspecified atom stereocenters. The molecule has 1 aromatic rings.